The van der Waals surface area contributed by atoms with Crippen molar-refractivity contribution >= 4 is 34.3 Å². The summed E-state index contributed by atoms with van der Waals surface area (Å²) in [6.07, 6.45) is 0. The van der Waals surface area contributed by atoms with Crippen LogP contribution in [0.3, 0.4) is 0 Å². The Balaban J connectivity index is 1.65. The molecule has 1 aliphatic heterocycles. The largest absolute Gasteiger partial charge is 0.378 e. The third kappa shape index (κ3) is 3.07. The molecule has 0 saturated carbocycles. The Labute approximate surface area is 149 Å². The van der Waals surface area contributed by atoms with Crippen LogP contribution in [0.2, 0.25) is 0 Å². The van der Waals surface area contributed by atoms with Crippen molar-refractivity contribution in [3.63, 3.8) is 0 Å². The fourth-order valence-electron chi connectivity index (χ4n) is 3.07. The first-order chi connectivity index (χ1) is 12.1. The van der Waals surface area contributed by atoms with Crippen LogP contribution in [0.5, 0.6) is 0 Å². The zero-order valence-corrected chi connectivity index (χ0v) is 15.0. The van der Waals surface area contributed by atoms with Gasteiger partial charge in [-0.25, -0.2) is 4.98 Å². The summed E-state index contributed by atoms with van der Waals surface area (Å²) in [5, 5.41) is 10.3. The van der Waals surface area contributed by atoms with E-state index in [2.05, 4.69) is 28.2 Å². The van der Waals surface area contributed by atoms with Gasteiger partial charge < -0.3 is 9.64 Å². The first kappa shape index (κ1) is 16.3. The fraction of sp³-hybridized carbons (Fsp3) is 0.412. The molecule has 3 aromatic heterocycles. The van der Waals surface area contributed by atoms with Gasteiger partial charge in [0.15, 0.2) is 10.8 Å². The highest BCUT2D eigenvalue weighted by Gasteiger charge is 2.19. The molecule has 0 atom stereocenters. The molecule has 8 heteroatoms. The molecular formula is C17H19N5O2S. The molecule has 0 radical (unpaired) electrons. The number of pyridine rings is 2. The van der Waals surface area contributed by atoms with Crippen molar-refractivity contribution in [3.8, 4) is 0 Å². The van der Waals surface area contributed by atoms with Crippen molar-refractivity contribution in [2.75, 3.05) is 32.1 Å². The minimum Gasteiger partial charge on any atom is -0.378 e. The summed E-state index contributed by atoms with van der Waals surface area (Å²) < 4.78 is 7.23. The highest BCUT2D eigenvalue weighted by atomic mass is 32.2. The molecule has 0 N–H and O–H groups in total. The maximum absolute atomic E-state index is 12.4. The lowest BCUT2D eigenvalue weighted by Crippen LogP contribution is -2.41. The van der Waals surface area contributed by atoms with Gasteiger partial charge in [-0.05, 0) is 37.6 Å². The van der Waals surface area contributed by atoms with Gasteiger partial charge in [0.1, 0.15) is 5.65 Å². The predicted molar refractivity (Wildman–Crippen MR) is 95.9 cm³/mol. The Hall–Kier alpha value is -2.19. The molecular weight excluding hydrogens is 338 g/mol. The van der Waals surface area contributed by atoms with Crippen molar-refractivity contribution in [1.82, 2.24) is 24.5 Å². The molecule has 3 aromatic rings. The van der Waals surface area contributed by atoms with Crippen LogP contribution in [0.15, 0.2) is 23.4 Å². The van der Waals surface area contributed by atoms with Crippen molar-refractivity contribution in [3.05, 3.63) is 29.5 Å². The van der Waals surface area contributed by atoms with E-state index in [4.69, 9.17) is 4.74 Å². The summed E-state index contributed by atoms with van der Waals surface area (Å²) in [6.45, 7) is 6.58. The van der Waals surface area contributed by atoms with E-state index >= 15 is 0 Å². The maximum Gasteiger partial charge on any atom is 0.233 e. The lowest BCUT2D eigenvalue weighted by atomic mass is 10.1. The Kier molecular flexibility index (Phi) is 4.30. The number of aryl methyl sites for hydroxylation is 2. The molecule has 0 bridgehead atoms. The van der Waals surface area contributed by atoms with Gasteiger partial charge in [0.2, 0.25) is 5.91 Å². The fourth-order valence-corrected chi connectivity index (χ4v) is 3.92. The highest BCUT2D eigenvalue weighted by molar-refractivity contribution is 7.99. The van der Waals surface area contributed by atoms with Crippen molar-refractivity contribution in [2.24, 2.45) is 0 Å². The van der Waals surface area contributed by atoms with Crippen LogP contribution in [0.25, 0.3) is 16.7 Å². The molecule has 1 saturated heterocycles. The van der Waals surface area contributed by atoms with Gasteiger partial charge in [0, 0.05) is 24.2 Å². The smallest absolute Gasteiger partial charge is 0.233 e. The Bertz CT molecular complexity index is 949. The minimum atomic E-state index is 0.102. The quantitative estimate of drug-likeness (QED) is 0.666. The Morgan fingerprint density at radius 1 is 1.24 bits per heavy atom. The lowest BCUT2D eigenvalue weighted by molar-refractivity contribution is -0.132. The summed E-state index contributed by atoms with van der Waals surface area (Å²) >= 11 is 1.40. The highest BCUT2D eigenvalue weighted by Crippen LogP contribution is 2.24. The average molecular weight is 357 g/mol. The number of hydrogen-bond acceptors (Lipinski definition) is 6. The van der Waals surface area contributed by atoms with E-state index in [-0.39, 0.29) is 5.91 Å². The van der Waals surface area contributed by atoms with Crippen LogP contribution in [0.4, 0.5) is 0 Å². The summed E-state index contributed by atoms with van der Waals surface area (Å²) in [5.41, 5.74) is 3.69. The molecule has 0 unspecified atom stereocenters. The van der Waals surface area contributed by atoms with Gasteiger partial charge in [-0.1, -0.05) is 11.8 Å². The van der Waals surface area contributed by atoms with E-state index in [9.17, 15) is 4.79 Å². The molecule has 4 heterocycles. The number of morpholine rings is 1. The van der Waals surface area contributed by atoms with Gasteiger partial charge in [0.05, 0.1) is 19.0 Å². The number of rotatable bonds is 3. The second-order valence-corrected chi connectivity index (χ2v) is 7.05. The average Bonchev–Trinajstić information content (AvgIpc) is 3.04. The first-order valence-corrected chi connectivity index (χ1v) is 9.22. The number of aromatic nitrogens is 4. The van der Waals surface area contributed by atoms with Crippen LogP contribution < -0.4 is 0 Å². The number of nitrogens with zero attached hydrogens (tertiary/aromatic N) is 5. The van der Waals surface area contributed by atoms with Crippen LogP contribution in [0, 0.1) is 13.8 Å². The van der Waals surface area contributed by atoms with Crippen molar-refractivity contribution in [2.45, 2.75) is 19.0 Å². The van der Waals surface area contributed by atoms with E-state index in [1.165, 1.54) is 17.3 Å². The zero-order chi connectivity index (χ0) is 17.4. The second kappa shape index (κ2) is 6.61. The normalized spacial score (nSPS) is 15.2. The molecule has 25 heavy (non-hydrogen) atoms. The molecule has 0 aliphatic carbocycles. The molecule has 1 fully saturated rings. The molecule has 130 valence electrons. The van der Waals surface area contributed by atoms with E-state index in [1.807, 2.05) is 28.4 Å². The topological polar surface area (TPSA) is 72.6 Å². The number of fused-ring (bicyclic) bond motifs is 3. The van der Waals surface area contributed by atoms with Gasteiger partial charge in [0.25, 0.3) is 0 Å². The summed E-state index contributed by atoms with van der Waals surface area (Å²) in [4.78, 5) is 18.9. The van der Waals surface area contributed by atoms with Gasteiger partial charge >= 0.3 is 0 Å². The summed E-state index contributed by atoms with van der Waals surface area (Å²) in [5.74, 6) is 0.438. The summed E-state index contributed by atoms with van der Waals surface area (Å²) in [6, 6.07) is 6.02. The molecule has 0 aromatic carbocycles. The lowest BCUT2D eigenvalue weighted by Gasteiger charge is -2.26. The number of ether oxygens (including phenoxy) is 1. The molecule has 1 aliphatic rings. The molecule has 4 rings (SSSR count). The standard InChI is InChI=1S/C17H19N5O2S/c1-11-9-12(2)18-16-13(11)3-4-14-19-20-17(22(14)16)25-10-15(23)21-5-7-24-8-6-21/h3-4,9H,5-8,10H2,1-2H3. The van der Waals surface area contributed by atoms with E-state index in [0.717, 1.165) is 22.4 Å². The van der Waals surface area contributed by atoms with Crippen molar-refractivity contribution in [1.29, 1.82) is 0 Å². The number of hydrogen-bond donors (Lipinski definition) is 0. The predicted octanol–water partition coefficient (Wildman–Crippen LogP) is 1.85. The minimum absolute atomic E-state index is 0.102. The van der Waals surface area contributed by atoms with Gasteiger partial charge in [-0.15, -0.1) is 10.2 Å². The number of amides is 1. The monoisotopic (exact) mass is 357 g/mol. The SMILES string of the molecule is Cc1cc(C)c2ccc3nnc(SCC(=O)N4CCOCC4)n3c2n1. The number of carbonyl (C=O) groups is 1. The van der Waals surface area contributed by atoms with E-state index in [0.29, 0.717) is 37.2 Å². The zero-order valence-electron chi connectivity index (χ0n) is 14.2. The van der Waals surface area contributed by atoms with Gasteiger partial charge in [-0.3, -0.25) is 9.20 Å². The number of thioether (sulfide) groups is 1. The van der Waals surface area contributed by atoms with Gasteiger partial charge in [-0.2, -0.15) is 0 Å². The number of carbonyl (C=O) groups excluding carboxylic acids is 1. The third-order valence-corrected chi connectivity index (χ3v) is 5.24. The van der Waals surface area contributed by atoms with Crippen LogP contribution in [-0.4, -0.2) is 62.4 Å². The van der Waals surface area contributed by atoms with E-state index < -0.39 is 0 Å². The first-order valence-electron chi connectivity index (χ1n) is 8.24. The third-order valence-electron chi connectivity index (χ3n) is 4.33. The van der Waals surface area contributed by atoms with Crippen LogP contribution >= 0.6 is 11.8 Å². The Morgan fingerprint density at radius 2 is 2.04 bits per heavy atom. The summed E-state index contributed by atoms with van der Waals surface area (Å²) in [7, 11) is 0. The van der Waals surface area contributed by atoms with Crippen molar-refractivity contribution < 1.29 is 9.53 Å². The molecule has 7 nitrogen and oxygen atoms in total. The van der Waals surface area contributed by atoms with Crippen LogP contribution in [0.1, 0.15) is 11.3 Å². The van der Waals surface area contributed by atoms with Crippen LogP contribution in [-0.2, 0) is 9.53 Å². The molecule has 1 amide bonds. The molecule has 0 spiro atoms. The van der Waals surface area contributed by atoms with E-state index in [1.54, 1.807) is 0 Å². The maximum atomic E-state index is 12.4. The Morgan fingerprint density at radius 3 is 2.84 bits per heavy atom. The second-order valence-electron chi connectivity index (χ2n) is 6.11.